The molecule has 0 bridgehead atoms. The van der Waals surface area contributed by atoms with Gasteiger partial charge in [-0.25, -0.2) is 0 Å². The van der Waals surface area contributed by atoms with Gasteiger partial charge in [-0.15, -0.1) is 0 Å². The second kappa shape index (κ2) is 3.97. The van der Waals surface area contributed by atoms with Crippen molar-refractivity contribution in [3.8, 4) is 0 Å². The largest absolute Gasteiger partial charge is 0.415 e. The first kappa shape index (κ1) is 12.3. The Morgan fingerprint density at radius 1 is 1.47 bits per heavy atom. The number of aliphatic hydroxyl groups excluding tert-OH is 1. The van der Waals surface area contributed by atoms with Gasteiger partial charge in [0.2, 0.25) is 5.89 Å². The molecule has 1 N–H and O–H groups in total. The van der Waals surface area contributed by atoms with Gasteiger partial charge in [0, 0.05) is 5.92 Å². The van der Waals surface area contributed by atoms with Gasteiger partial charge in [0.15, 0.2) is 11.9 Å². The molecule has 7 heteroatoms. The fourth-order valence-electron chi connectivity index (χ4n) is 1.68. The van der Waals surface area contributed by atoms with E-state index >= 15 is 0 Å². The number of nitrogens with zero attached hydrogens (tertiary/aromatic N) is 2. The number of hydrogen-bond donors (Lipinski definition) is 1. The van der Waals surface area contributed by atoms with Gasteiger partial charge in [0.1, 0.15) is 0 Å². The van der Waals surface area contributed by atoms with Crippen LogP contribution in [0.25, 0.3) is 0 Å². The molecule has 4 nitrogen and oxygen atoms in total. The highest BCUT2D eigenvalue weighted by molar-refractivity contribution is 5.09. The maximum absolute atomic E-state index is 12.3. The van der Waals surface area contributed by atoms with Crippen LogP contribution in [-0.4, -0.2) is 27.5 Å². The molecular formula is C10H13F3N2O2. The molecule has 1 fully saturated rings. The molecule has 96 valence electrons. The van der Waals surface area contributed by atoms with Crippen LogP contribution in [0.1, 0.15) is 43.8 Å². The van der Waals surface area contributed by atoms with E-state index in [1.165, 1.54) is 6.92 Å². The Balaban J connectivity index is 2.09. The van der Waals surface area contributed by atoms with Gasteiger partial charge >= 0.3 is 6.18 Å². The Morgan fingerprint density at radius 2 is 2.06 bits per heavy atom. The van der Waals surface area contributed by atoms with E-state index in [1.54, 1.807) is 0 Å². The Hall–Kier alpha value is -1.11. The summed E-state index contributed by atoms with van der Waals surface area (Å²) in [6.07, 6.45) is -6.23. The molecule has 1 heterocycles. The van der Waals surface area contributed by atoms with Crippen LogP contribution < -0.4 is 0 Å². The third kappa shape index (κ3) is 2.43. The van der Waals surface area contributed by atoms with Crippen LogP contribution in [0.5, 0.6) is 0 Å². The minimum Gasteiger partial charge on any atom is -0.383 e. The van der Waals surface area contributed by atoms with E-state index in [1.807, 2.05) is 6.92 Å². The Bertz CT molecular complexity index is 405. The standard InChI is InChI=1S/C10H13F3N2O2/c1-4-3-6(4)8-14-9(17-15-8)5(2)7(16)10(11,12)13/h4-7,16H,3H2,1-2H3. The Morgan fingerprint density at radius 3 is 2.53 bits per heavy atom. The zero-order valence-electron chi connectivity index (χ0n) is 9.40. The van der Waals surface area contributed by atoms with Crippen molar-refractivity contribution in [3.63, 3.8) is 0 Å². The zero-order chi connectivity index (χ0) is 12.8. The SMILES string of the molecule is CC1CC1c1noc(C(C)C(O)C(F)(F)F)n1. The first-order valence-corrected chi connectivity index (χ1v) is 5.39. The molecule has 0 aromatic carbocycles. The fourth-order valence-corrected chi connectivity index (χ4v) is 1.68. The number of halogens is 3. The van der Waals surface area contributed by atoms with E-state index in [0.717, 1.165) is 6.42 Å². The summed E-state index contributed by atoms with van der Waals surface area (Å²) in [5, 5.41) is 12.7. The molecule has 1 aliphatic carbocycles. The summed E-state index contributed by atoms with van der Waals surface area (Å²) in [4.78, 5) is 3.92. The predicted octanol–water partition coefficient (Wildman–Crippen LogP) is 2.22. The first-order chi connectivity index (χ1) is 7.80. The average molecular weight is 250 g/mol. The maximum atomic E-state index is 12.3. The summed E-state index contributed by atoms with van der Waals surface area (Å²) in [5.74, 6) is -0.339. The molecule has 1 aromatic rings. The smallest absolute Gasteiger partial charge is 0.383 e. The Labute approximate surface area is 95.8 Å². The van der Waals surface area contributed by atoms with Crippen molar-refractivity contribution in [1.29, 1.82) is 0 Å². The predicted molar refractivity (Wildman–Crippen MR) is 51.3 cm³/mol. The quantitative estimate of drug-likeness (QED) is 0.893. The van der Waals surface area contributed by atoms with Crippen LogP contribution in [0, 0.1) is 5.92 Å². The lowest BCUT2D eigenvalue weighted by Gasteiger charge is -2.17. The molecule has 4 atom stereocenters. The summed E-state index contributed by atoms with van der Waals surface area (Å²) in [5.41, 5.74) is 0. The van der Waals surface area contributed by atoms with Crippen LogP contribution in [0.2, 0.25) is 0 Å². The van der Waals surface area contributed by atoms with Gasteiger partial charge < -0.3 is 9.63 Å². The van der Waals surface area contributed by atoms with Crippen molar-refractivity contribution >= 4 is 0 Å². The monoisotopic (exact) mass is 250 g/mol. The second-order valence-electron chi connectivity index (χ2n) is 4.59. The second-order valence-corrected chi connectivity index (χ2v) is 4.59. The van der Waals surface area contributed by atoms with Crippen LogP contribution in [0.3, 0.4) is 0 Å². The molecule has 0 spiro atoms. The van der Waals surface area contributed by atoms with Crippen molar-refractivity contribution in [2.75, 3.05) is 0 Å². The average Bonchev–Trinajstić information content (AvgIpc) is 2.79. The van der Waals surface area contributed by atoms with E-state index in [9.17, 15) is 13.2 Å². The summed E-state index contributed by atoms with van der Waals surface area (Å²) in [6.45, 7) is 3.22. The van der Waals surface area contributed by atoms with Crippen LogP contribution in [0.4, 0.5) is 13.2 Å². The van der Waals surface area contributed by atoms with Gasteiger partial charge in [0.25, 0.3) is 0 Å². The minimum atomic E-state index is -4.68. The van der Waals surface area contributed by atoms with Crippen molar-refractivity contribution in [2.45, 2.75) is 44.4 Å². The van der Waals surface area contributed by atoms with Crippen LogP contribution in [-0.2, 0) is 0 Å². The van der Waals surface area contributed by atoms with Crippen molar-refractivity contribution in [2.24, 2.45) is 5.92 Å². The zero-order valence-corrected chi connectivity index (χ0v) is 9.40. The third-order valence-corrected chi connectivity index (χ3v) is 3.10. The van der Waals surface area contributed by atoms with E-state index in [-0.39, 0.29) is 11.8 Å². The molecule has 17 heavy (non-hydrogen) atoms. The molecule has 1 saturated carbocycles. The first-order valence-electron chi connectivity index (χ1n) is 5.39. The minimum absolute atomic E-state index is 0.163. The van der Waals surface area contributed by atoms with Crippen molar-refractivity contribution in [3.05, 3.63) is 11.7 Å². The molecule has 0 amide bonds. The third-order valence-electron chi connectivity index (χ3n) is 3.10. The normalized spacial score (nSPS) is 27.9. The highest BCUT2D eigenvalue weighted by Crippen LogP contribution is 2.45. The fraction of sp³-hybridized carbons (Fsp3) is 0.800. The maximum Gasteiger partial charge on any atom is 0.415 e. The number of aliphatic hydroxyl groups is 1. The van der Waals surface area contributed by atoms with E-state index in [2.05, 4.69) is 10.1 Å². The molecule has 4 unspecified atom stereocenters. The van der Waals surface area contributed by atoms with Crippen molar-refractivity contribution in [1.82, 2.24) is 10.1 Å². The lowest BCUT2D eigenvalue weighted by molar-refractivity contribution is -0.210. The summed E-state index contributed by atoms with van der Waals surface area (Å²) in [6, 6.07) is 0. The summed E-state index contributed by atoms with van der Waals surface area (Å²) in [7, 11) is 0. The van der Waals surface area contributed by atoms with Gasteiger partial charge in [0.05, 0.1) is 5.92 Å². The van der Waals surface area contributed by atoms with Gasteiger partial charge in [-0.05, 0) is 12.3 Å². The van der Waals surface area contributed by atoms with E-state index in [4.69, 9.17) is 9.63 Å². The van der Waals surface area contributed by atoms with Gasteiger partial charge in [-0.1, -0.05) is 19.0 Å². The highest BCUT2D eigenvalue weighted by atomic mass is 19.4. The van der Waals surface area contributed by atoms with Gasteiger partial charge in [-0.3, -0.25) is 0 Å². The van der Waals surface area contributed by atoms with Gasteiger partial charge in [-0.2, -0.15) is 18.2 Å². The lowest BCUT2D eigenvalue weighted by atomic mass is 10.0. The molecule has 0 radical (unpaired) electrons. The van der Waals surface area contributed by atoms with Crippen molar-refractivity contribution < 1.29 is 22.8 Å². The number of aromatic nitrogens is 2. The van der Waals surface area contributed by atoms with Crippen LogP contribution in [0.15, 0.2) is 4.52 Å². The number of rotatable bonds is 3. The van der Waals surface area contributed by atoms with E-state index in [0.29, 0.717) is 11.7 Å². The topological polar surface area (TPSA) is 59.2 Å². The summed E-state index contributed by atoms with van der Waals surface area (Å²) < 4.78 is 41.6. The highest BCUT2D eigenvalue weighted by Gasteiger charge is 2.45. The lowest BCUT2D eigenvalue weighted by Crippen LogP contribution is -2.33. The molecule has 0 aliphatic heterocycles. The number of hydrogen-bond acceptors (Lipinski definition) is 4. The molecule has 2 rings (SSSR count). The van der Waals surface area contributed by atoms with E-state index < -0.39 is 18.2 Å². The van der Waals surface area contributed by atoms with Crippen LogP contribution >= 0.6 is 0 Å². The Kier molecular flexibility index (Phi) is 2.89. The summed E-state index contributed by atoms with van der Waals surface area (Å²) >= 11 is 0. The molecule has 0 saturated heterocycles. The molecule has 1 aliphatic rings. The number of alkyl halides is 3. The molecular weight excluding hydrogens is 237 g/mol. The molecule has 1 aromatic heterocycles.